The average Bonchev–Trinajstić information content (AvgIpc) is 3.12. The van der Waals surface area contributed by atoms with Crippen LogP contribution in [0.15, 0.2) is 54.6 Å². The van der Waals surface area contributed by atoms with E-state index in [-0.39, 0.29) is 45.9 Å². The maximum Gasteiger partial charge on any atom is 0.269 e. The first-order valence-electron chi connectivity index (χ1n) is 18.4. The van der Waals surface area contributed by atoms with E-state index in [1.165, 1.54) is 25.2 Å². The minimum Gasteiger partial charge on any atom is -0.748 e. The third kappa shape index (κ3) is 8.89. The highest BCUT2D eigenvalue weighted by molar-refractivity contribution is 7.86. The van der Waals surface area contributed by atoms with Crippen molar-refractivity contribution in [3.63, 3.8) is 0 Å². The number of rotatable bonds is 11. The summed E-state index contributed by atoms with van der Waals surface area (Å²) >= 11 is 0. The Labute approximate surface area is 348 Å². The van der Waals surface area contributed by atoms with Gasteiger partial charge in [-0.25, -0.2) is 13.0 Å². The van der Waals surface area contributed by atoms with Gasteiger partial charge in [0.05, 0.1) is 45.3 Å². The third-order valence-electron chi connectivity index (χ3n) is 11.0. The summed E-state index contributed by atoms with van der Waals surface area (Å²) in [5.41, 5.74) is 1.00. The van der Waals surface area contributed by atoms with Crippen molar-refractivity contribution in [2.75, 3.05) is 56.4 Å². The molecule has 3 heterocycles. The molecule has 0 aliphatic carbocycles. The van der Waals surface area contributed by atoms with Crippen LogP contribution < -0.4 is 30.1 Å². The summed E-state index contributed by atoms with van der Waals surface area (Å²) in [5, 5.41) is 3.42. The molecule has 0 spiro atoms. The molecule has 3 N–H and O–H groups in total. The molecule has 0 atom stereocenters. The molecule has 0 saturated heterocycles. The average molecular weight is 881 g/mol. The van der Waals surface area contributed by atoms with Gasteiger partial charge in [-0.15, -0.1) is 6.42 Å². The Bertz CT molecular complexity index is 2980. The standard InChI is InChI=1S/C41H44N4O12S3/c1-9-12-42-38(46)24-10-11-27(30(15-24)39(47)43(6)13-14-58(48,49)50)37-31-16-28-25(22-59(51,52)53)20-40(2,3)44(7)33(28)18-35(31)57-36-19-34-29(17-32(36)37)26(23-60(54,55)56)21-41(4,5)45(34)8/h1,10-11,15-21H,12-14,22-23H2,2-8H3,(H3-,42,46,48,49,50,51,52,53,54,55,56). The van der Waals surface area contributed by atoms with Crippen molar-refractivity contribution in [2.45, 2.75) is 38.8 Å². The van der Waals surface area contributed by atoms with Crippen LogP contribution in [-0.2, 0) is 30.4 Å². The lowest BCUT2D eigenvalue weighted by molar-refractivity contribution is 0.0802. The number of hydrogen-bond donors (Lipinski definition) is 3. The van der Waals surface area contributed by atoms with Crippen LogP contribution in [0.3, 0.4) is 0 Å². The van der Waals surface area contributed by atoms with E-state index < -0.39 is 77.0 Å². The summed E-state index contributed by atoms with van der Waals surface area (Å²) in [7, 11) is -8.93. The van der Waals surface area contributed by atoms with Crippen LogP contribution in [0.1, 0.15) is 70.7 Å². The Morgan fingerprint density at radius 2 is 1.57 bits per heavy atom. The minimum absolute atomic E-state index is 0.0153. The zero-order valence-corrected chi connectivity index (χ0v) is 36.3. The number of fused-ring (bicyclic) bond motifs is 4. The van der Waals surface area contributed by atoms with Crippen LogP contribution in [0.2, 0.25) is 0 Å². The number of hydrogen-bond acceptors (Lipinski definition) is 11. The van der Waals surface area contributed by atoms with Crippen LogP contribution in [0.5, 0.6) is 11.5 Å². The highest BCUT2D eigenvalue weighted by atomic mass is 32.2. The SMILES string of the molecule is C#CCNC(=O)c1ccc(C2=c3cc4c(cc3Oc3cc5c(cc32)C(CS(=O)(=O)[O-])=CC(C)(C)N5C)=[N+](C)C(C)(C)C=C4CS(=O)(=O)O)c(C(=O)N(C)CCS(=O)(=O)O)c1. The molecule has 19 heteroatoms. The van der Waals surface area contributed by atoms with Gasteiger partial charge in [0, 0.05) is 79.3 Å². The molecule has 16 nitrogen and oxygen atoms in total. The van der Waals surface area contributed by atoms with Gasteiger partial charge in [-0.2, -0.15) is 16.8 Å². The van der Waals surface area contributed by atoms with Gasteiger partial charge in [-0.3, -0.25) is 18.7 Å². The fraction of sp³-hybridized carbons (Fsp3) is 0.341. The molecule has 318 valence electrons. The number of carbonyl (C=O) groups is 2. The van der Waals surface area contributed by atoms with E-state index in [4.69, 9.17) is 11.2 Å². The van der Waals surface area contributed by atoms with E-state index >= 15 is 0 Å². The lowest BCUT2D eigenvalue weighted by Crippen LogP contribution is -2.47. The van der Waals surface area contributed by atoms with Crippen molar-refractivity contribution in [2.24, 2.45) is 0 Å². The van der Waals surface area contributed by atoms with Crippen LogP contribution in [0.4, 0.5) is 5.69 Å². The van der Waals surface area contributed by atoms with Gasteiger partial charge >= 0.3 is 0 Å². The monoisotopic (exact) mass is 880 g/mol. The maximum absolute atomic E-state index is 14.5. The second-order valence-electron chi connectivity index (χ2n) is 16.1. The molecular weight excluding hydrogens is 837 g/mol. The zero-order chi connectivity index (χ0) is 44.5. The number of anilines is 1. The molecule has 3 aliphatic heterocycles. The number of benzene rings is 3. The summed E-state index contributed by atoms with van der Waals surface area (Å²) in [6, 6.07) is 10.9. The fourth-order valence-corrected chi connectivity index (χ4v) is 9.40. The van der Waals surface area contributed by atoms with Crippen molar-refractivity contribution >= 4 is 64.6 Å². The molecule has 0 saturated carbocycles. The normalized spacial score (nSPS) is 16.5. The van der Waals surface area contributed by atoms with Gasteiger partial charge in [-0.1, -0.05) is 18.1 Å². The summed E-state index contributed by atoms with van der Waals surface area (Å²) in [4.78, 5) is 30.6. The highest BCUT2D eigenvalue weighted by Gasteiger charge is 2.37. The first-order chi connectivity index (χ1) is 27.6. The first kappa shape index (κ1) is 44.2. The molecule has 3 aliphatic rings. The topological polar surface area (TPSA) is 231 Å². The number of nitrogens with zero attached hydrogens (tertiary/aromatic N) is 3. The molecule has 0 unspecified atom stereocenters. The number of nitrogens with one attached hydrogen (secondary N) is 1. The van der Waals surface area contributed by atoms with E-state index in [2.05, 4.69) is 11.2 Å². The Morgan fingerprint density at radius 1 is 0.900 bits per heavy atom. The van der Waals surface area contributed by atoms with E-state index in [1.807, 2.05) is 44.2 Å². The first-order valence-corrected chi connectivity index (χ1v) is 23.2. The smallest absolute Gasteiger partial charge is 0.269 e. The number of ether oxygens (including phenoxy) is 1. The lowest BCUT2D eigenvalue weighted by atomic mass is 9.83. The van der Waals surface area contributed by atoms with Gasteiger partial charge in [0.2, 0.25) is 5.36 Å². The van der Waals surface area contributed by atoms with Gasteiger partial charge in [0.15, 0.2) is 5.54 Å². The molecular formula is C41H44N4O12S3. The Morgan fingerprint density at radius 3 is 2.18 bits per heavy atom. The molecule has 0 radical (unpaired) electrons. The highest BCUT2D eigenvalue weighted by Crippen LogP contribution is 2.47. The summed E-state index contributed by atoms with van der Waals surface area (Å²) in [6.07, 6.45) is 8.75. The summed E-state index contributed by atoms with van der Waals surface area (Å²) < 4.78 is 113. The van der Waals surface area contributed by atoms with Crippen LogP contribution in [0.25, 0.3) is 16.7 Å². The largest absolute Gasteiger partial charge is 0.748 e. The predicted molar refractivity (Wildman–Crippen MR) is 225 cm³/mol. The van der Waals surface area contributed by atoms with Crippen LogP contribution in [-0.4, -0.2) is 118 Å². The predicted octanol–water partition coefficient (Wildman–Crippen LogP) is 1.70. The number of likely N-dealkylation sites (N-methyl/N-ethyl adjacent to an activating group) is 2. The van der Waals surface area contributed by atoms with Crippen molar-refractivity contribution < 1.29 is 53.2 Å². The molecule has 60 heavy (non-hydrogen) atoms. The molecule has 2 amide bonds. The van der Waals surface area contributed by atoms with Crippen LogP contribution in [0, 0.1) is 12.3 Å². The molecule has 3 aromatic rings. The van der Waals surface area contributed by atoms with Gasteiger partial charge in [0.1, 0.15) is 24.3 Å². The van der Waals surface area contributed by atoms with Gasteiger partial charge in [-0.05, 0) is 60.9 Å². The third-order valence-corrected chi connectivity index (χ3v) is 13.0. The maximum atomic E-state index is 14.5. The minimum atomic E-state index is -4.80. The molecule has 0 fully saturated rings. The fourth-order valence-electron chi connectivity index (χ4n) is 7.64. The van der Waals surface area contributed by atoms with Gasteiger partial charge in [0.25, 0.3) is 32.1 Å². The Hall–Kier alpha value is -5.36. The second-order valence-corrected chi connectivity index (χ2v) is 20.5. The number of carbonyl (C=O) groups excluding carboxylic acids is 2. The Balaban J connectivity index is 1.77. The van der Waals surface area contributed by atoms with Crippen molar-refractivity contribution in [3.8, 4) is 23.8 Å². The van der Waals surface area contributed by atoms with E-state index in [9.17, 15) is 48.5 Å². The van der Waals surface area contributed by atoms with Crippen molar-refractivity contribution in [3.05, 3.63) is 98.6 Å². The second kappa shape index (κ2) is 15.3. The van der Waals surface area contributed by atoms with Crippen molar-refractivity contribution in [1.82, 2.24) is 14.8 Å². The summed E-state index contributed by atoms with van der Waals surface area (Å²) in [5.74, 6) is -0.932. The van der Waals surface area contributed by atoms with E-state index in [1.54, 1.807) is 43.5 Å². The molecule has 3 aromatic carbocycles. The van der Waals surface area contributed by atoms with E-state index in [0.29, 0.717) is 38.5 Å². The quantitative estimate of drug-likeness (QED) is 0.111. The van der Waals surface area contributed by atoms with E-state index in [0.717, 1.165) is 4.90 Å². The zero-order valence-electron chi connectivity index (χ0n) is 33.9. The summed E-state index contributed by atoms with van der Waals surface area (Å²) in [6.45, 7) is 6.85. The lowest BCUT2D eigenvalue weighted by Gasteiger charge is -2.42. The van der Waals surface area contributed by atoms with Gasteiger partial charge < -0.3 is 24.4 Å². The molecule has 0 bridgehead atoms. The number of terminal acetylenes is 1. The Kier molecular flexibility index (Phi) is 11.3. The van der Waals surface area contributed by atoms with Crippen molar-refractivity contribution in [1.29, 1.82) is 0 Å². The number of amides is 2. The molecule has 6 rings (SSSR count). The molecule has 0 aromatic heterocycles. The van der Waals surface area contributed by atoms with Crippen LogP contribution >= 0.6 is 0 Å².